The van der Waals surface area contributed by atoms with Gasteiger partial charge in [-0.3, -0.25) is 9.58 Å². The van der Waals surface area contributed by atoms with Crippen molar-refractivity contribution in [3.8, 4) is 5.69 Å². The minimum Gasteiger partial charge on any atom is -0.293 e. The van der Waals surface area contributed by atoms with E-state index in [1.54, 1.807) is 6.20 Å². The molecule has 25 heavy (non-hydrogen) atoms. The Hall–Kier alpha value is -2.61. The van der Waals surface area contributed by atoms with E-state index in [0.717, 1.165) is 31.1 Å². The van der Waals surface area contributed by atoms with Gasteiger partial charge >= 0.3 is 0 Å². The summed E-state index contributed by atoms with van der Waals surface area (Å²) in [7, 11) is 0. The van der Waals surface area contributed by atoms with Crippen molar-refractivity contribution in [2.45, 2.75) is 32.4 Å². The van der Waals surface area contributed by atoms with Crippen molar-refractivity contribution in [2.75, 3.05) is 13.1 Å². The van der Waals surface area contributed by atoms with Crippen LogP contribution in [0, 0.1) is 5.92 Å². The summed E-state index contributed by atoms with van der Waals surface area (Å²) in [4.78, 5) is 2.47. The normalized spacial score (nSPS) is 19.8. The number of benzene rings is 1. The van der Waals surface area contributed by atoms with Crippen LogP contribution in [0.2, 0.25) is 0 Å². The van der Waals surface area contributed by atoms with Crippen LogP contribution in [-0.4, -0.2) is 53.2 Å². The first-order chi connectivity index (χ1) is 12.3. The molecule has 3 heterocycles. The molecule has 4 rings (SSSR count). The fourth-order valence-electron chi connectivity index (χ4n) is 3.56. The predicted molar refractivity (Wildman–Crippen MR) is 91.9 cm³/mol. The topological polar surface area (TPSA) is 77.5 Å². The molecule has 1 aromatic carbocycles. The van der Waals surface area contributed by atoms with Gasteiger partial charge in [0.15, 0.2) is 5.82 Å². The van der Waals surface area contributed by atoms with Gasteiger partial charge in [-0.1, -0.05) is 23.4 Å². The molecule has 0 spiro atoms. The van der Waals surface area contributed by atoms with Gasteiger partial charge in [0.2, 0.25) is 0 Å². The number of hydrogen-bond donors (Lipinski definition) is 0. The molecule has 2 atom stereocenters. The molecule has 1 fully saturated rings. The van der Waals surface area contributed by atoms with E-state index < -0.39 is 0 Å². The third kappa shape index (κ3) is 3.43. The zero-order chi connectivity index (χ0) is 17.1. The summed E-state index contributed by atoms with van der Waals surface area (Å²) in [6.45, 7) is 5.18. The number of aromatic nitrogens is 7. The summed E-state index contributed by atoms with van der Waals surface area (Å²) in [6.07, 6.45) is 6.05. The second kappa shape index (κ2) is 7.10. The molecule has 2 aromatic heterocycles. The molecule has 0 radical (unpaired) electrons. The summed E-state index contributed by atoms with van der Waals surface area (Å²) < 4.78 is 3.76. The molecule has 8 nitrogen and oxygen atoms in total. The number of piperidine rings is 1. The molecule has 0 aliphatic carbocycles. The summed E-state index contributed by atoms with van der Waals surface area (Å²) in [5, 5.41) is 20.4. The van der Waals surface area contributed by atoms with Crippen LogP contribution in [0.1, 0.15) is 31.6 Å². The maximum absolute atomic E-state index is 4.30. The molecule has 0 saturated carbocycles. The monoisotopic (exact) mass is 338 g/mol. The Bertz CT molecular complexity index is 782. The van der Waals surface area contributed by atoms with Crippen molar-refractivity contribution in [2.24, 2.45) is 5.92 Å². The molecule has 2 unspecified atom stereocenters. The van der Waals surface area contributed by atoms with Gasteiger partial charge in [-0.25, -0.2) is 0 Å². The van der Waals surface area contributed by atoms with E-state index in [-0.39, 0.29) is 6.04 Å². The van der Waals surface area contributed by atoms with Crippen LogP contribution in [0.5, 0.6) is 0 Å². The van der Waals surface area contributed by atoms with E-state index in [2.05, 4.69) is 37.7 Å². The van der Waals surface area contributed by atoms with Crippen molar-refractivity contribution in [3.05, 3.63) is 48.5 Å². The molecule has 0 N–H and O–H groups in total. The number of rotatable bonds is 5. The maximum Gasteiger partial charge on any atom is 0.173 e. The van der Waals surface area contributed by atoms with Gasteiger partial charge in [0.25, 0.3) is 0 Å². The van der Waals surface area contributed by atoms with Crippen molar-refractivity contribution in [1.29, 1.82) is 0 Å². The molecule has 130 valence electrons. The standard InChI is InChI=1S/C17H22N8/c1-14(17-19-20-22-25(17)16-7-3-2-4-8-16)23-10-5-6-15(12-23)13-24-11-9-18-21-24/h2-4,7-9,11,14-15H,5-6,10,12-13H2,1H3. The van der Waals surface area contributed by atoms with Crippen LogP contribution in [0.15, 0.2) is 42.7 Å². The second-order valence-corrected chi connectivity index (χ2v) is 6.59. The Kier molecular flexibility index (Phi) is 4.51. The second-order valence-electron chi connectivity index (χ2n) is 6.59. The lowest BCUT2D eigenvalue weighted by molar-refractivity contribution is 0.115. The predicted octanol–water partition coefficient (Wildman–Crippen LogP) is 1.73. The van der Waals surface area contributed by atoms with Gasteiger partial charge in [0.1, 0.15) is 0 Å². The summed E-state index contributed by atoms with van der Waals surface area (Å²) in [5.41, 5.74) is 0.991. The van der Waals surface area contributed by atoms with Crippen molar-refractivity contribution < 1.29 is 0 Å². The fourth-order valence-corrected chi connectivity index (χ4v) is 3.56. The third-order valence-electron chi connectivity index (χ3n) is 4.88. The highest BCUT2D eigenvalue weighted by atomic mass is 15.6. The summed E-state index contributed by atoms with van der Waals surface area (Å²) in [5.74, 6) is 1.45. The van der Waals surface area contributed by atoms with E-state index in [9.17, 15) is 0 Å². The lowest BCUT2D eigenvalue weighted by Crippen LogP contribution is -2.39. The average molecular weight is 338 g/mol. The van der Waals surface area contributed by atoms with Crippen LogP contribution in [-0.2, 0) is 6.54 Å². The first-order valence-electron chi connectivity index (χ1n) is 8.73. The van der Waals surface area contributed by atoms with Gasteiger partial charge in [0.05, 0.1) is 17.9 Å². The van der Waals surface area contributed by atoms with Crippen molar-refractivity contribution >= 4 is 0 Å². The molecule has 3 aromatic rings. The molecule has 0 amide bonds. The van der Waals surface area contributed by atoms with Gasteiger partial charge in [-0.15, -0.1) is 10.2 Å². The largest absolute Gasteiger partial charge is 0.293 e. The number of hydrogen-bond acceptors (Lipinski definition) is 6. The smallest absolute Gasteiger partial charge is 0.173 e. The molecule has 1 aliphatic heterocycles. The molecule has 1 aliphatic rings. The zero-order valence-corrected chi connectivity index (χ0v) is 14.3. The minimum atomic E-state index is 0.161. The molecule has 0 bridgehead atoms. The molecule has 1 saturated heterocycles. The van der Waals surface area contributed by atoms with Crippen molar-refractivity contribution in [3.63, 3.8) is 0 Å². The van der Waals surface area contributed by atoms with E-state index in [1.165, 1.54) is 12.8 Å². The fraction of sp³-hybridized carbons (Fsp3) is 0.471. The van der Waals surface area contributed by atoms with E-state index in [1.807, 2.05) is 45.9 Å². The van der Waals surface area contributed by atoms with Crippen molar-refractivity contribution in [1.82, 2.24) is 40.1 Å². The SMILES string of the molecule is CC(c1nnnn1-c1ccccc1)N1CCCC(Cn2ccnn2)C1. The zero-order valence-electron chi connectivity index (χ0n) is 14.3. The van der Waals surface area contributed by atoms with E-state index in [0.29, 0.717) is 5.92 Å². The maximum atomic E-state index is 4.30. The number of likely N-dealkylation sites (tertiary alicyclic amines) is 1. The van der Waals surface area contributed by atoms with Crippen LogP contribution in [0.4, 0.5) is 0 Å². The van der Waals surface area contributed by atoms with Gasteiger partial charge < -0.3 is 0 Å². The van der Waals surface area contributed by atoms with Crippen LogP contribution in [0.3, 0.4) is 0 Å². The van der Waals surface area contributed by atoms with Gasteiger partial charge in [-0.2, -0.15) is 4.68 Å². The molecular weight excluding hydrogens is 316 g/mol. The van der Waals surface area contributed by atoms with E-state index >= 15 is 0 Å². The molecule has 8 heteroatoms. The minimum absolute atomic E-state index is 0.161. The highest BCUT2D eigenvalue weighted by Gasteiger charge is 2.28. The van der Waals surface area contributed by atoms with Crippen LogP contribution < -0.4 is 0 Å². The Morgan fingerprint density at radius 2 is 2.08 bits per heavy atom. The lowest BCUT2D eigenvalue weighted by atomic mass is 9.96. The average Bonchev–Trinajstić information content (AvgIpc) is 3.34. The third-order valence-corrected chi connectivity index (χ3v) is 4.88. The van der Waals surface area contributed by atoms with Gasteiger partial charge in [-0.05, 0) is 54.8 Å². The first kappa shape index (κ1) is 15.9. The van der Waals surface area contributed by atoms with Crippen LogP contribution in [0.25, 0.3) is 5.69 Å². The quantitative estimate of drug-likeness (QED) is 0.705. The Labute approximate surface area is 146 Å². The molecular formula is C17H22N8. The van der Waals surface area contributed by atoms with Crippen LogP contribution >= 0.6 is 0 Å². The number of para-hydroxylation sites is 1. The van der Waals surface area contributed by atoms with Gasteiger partial charge in [0, 0.05) is 19.3 Å². The summed E-state index contributed by atoms with van der Waals surface area (Å²) in [6, 6.07) is 10.2. The Morgan fingerprint density at radius 1 is 1.20 bits per heavy atom. The number of tetrazole rings is 1. The van der Waals surface area contributed by atoms with E-state index in [4.69, 9.17) is 0 Å². The highest BCUT2D eigenvalue weighted by Crippen LogP contribution is 2.27. The lowest BCUT2D eigenvalue weighted by Gasteiger charge is -2.36. The number of nitrogens with zero attached hydrogens (tertiary/aromatic N) is 8. The first-order valence-corrected chi connectivity index (χ1v) is 8.73. The highest BCUT2D eigenvalue weighted by molar-refractivity contribution is 5.30. The Morgan fingerprint density at radius 3 is 2.88 bits per heavy atom. The Balaban J connectivity index is 1.49. The summed E-state index contributed by atoms with van der Waals surface area (Å²) >= 11 is 0.